The first-order chi connectivity index (χ1) is 13.2. The fraction of sp³-hybridized carbons (Fsp3) is 0.476. The number of ether oxygens (including phenoxy) is 1. The van der Waals surface area contributed by atoms with Crippen LogP contribution >= 0.6 is 0 Å². The van der Waals surface area contributed by atoms with Gasteiger partial charge in [0, 0.05) is 30.0 Å². The monoisotopic (exact) mass is 385 g/mol. The molecule has 1 heterocycles. The van der Waals surface area contributed by atoms with Crippen molar-refractivity contribution in [1.29, 1.82) is 0 Å². The number of benzene rings is 1. The average Bonchev–Trinajstić information content (AvgIpc) is 3.13. The molecule has 0 fully saturated rings. The first kappa shape index (κ1) is 21.6. The average molecular weight is 386 g/mol. The number of hydrogen-bond acceptors (Lipinski definition) is 5. The summed E-state index contributed by atoms with van der Waals surface area (Å²) in [5.41, 5.74) is 8.55. The summed E-state index contributed by atoms with van der Waals surface area (Å²) in [6.45, 7) is 12.7. The Morgan fingerprint density at radius 2 is 2.04 bits per heavy atom. The quantitative estimate of drug-likeness (QED) is 0.484. The highest BCUT2D eigenvalue weighted by Crippen LogP contribution is 2.23. The van der Waals surface area contributed by atoms with Gasteiger partial charge in [-0.2, -0.15) is 0 Å². The molecule has 1 aromatic carbocycles. The molecule has 0 saturated heterocycles. The van der Waals surface area contributed by atoms with Gasteiger partial charge in [0.2, 0.25) is 5.91 Å². The van der Waals surface area contributed by atoms with E-state index in [0.29, 0.717) is 18.7 Å². The second kappa shape index (κ2) is 9.50. The number of nitrogen functional groups attached to an aromatic ring is 1. The van der Waals surface area contributed by atoms with Crippen LogP contribution < -0.4 is 11.1 Å². The van der Waals surface area contributed by atoms with Gasteiger partial charge in [-0.15, -0.1) is 5.10 Å². The van der Waals surface area contributed by atoms with E-state index in [1.165, 1.54) is 0 Å². The zero-order valence-corrected chi connectivity index (χ0v) is 17.2. The third-order valence-electron chi connectivity index (χ3n) is 4.66. The molecule has 0 spiro atoms. The zero-order valence-electron chi connectivity index (χ0n) is 17.2. The van der Waals surface area contributed by atoms with Crippen LogP contribution in [0.3, 0.4) is 0 Å². The summed E-state index contributed by atoms with van der Waals surface area (Å²) in [6.07, 6.45) is 3.55. The largest absolute Gasteiger partial charge is 0.399 e. The number of anilines is 1. The van der Waals surface area contributed by atoms with Crippen LogP contribution in [0.15, 0.2) is 42.6 Å². The second-order valence-corrected chi connectivity index (χ2v) is 7.74. The van der Waals surface area contributed by atoms with E-state index in [-0.39, 0.29) is 17.6 Å². The Morgan fingerprint density at radius 3 is 2.68 bits per heavy atom. The summed E-state index contributed by atoms with van der Waals surface area (Å²) in [5.74, 6) is -0.114. The van der Waals surface area contributed by atoms with Crippen molar-refractivity contribution >= 4 is 11.6 Å². The van der Waals surface area contributed by atoms with Crippen molar-refractivity contribution in [2.24, 2.45) is 0 Å². The Balaban J connectivity index is 1.81. The molecule has 2 rings (SSSR count). The van der Waals surface area contributed by atoms with E-state index in [2.05, 4.69) is 36.1 Å². The van der Waals surface area contributed by atoms with Crippen molar-refractivity contribution in [3.8, 4) is 11.3 Å². The molecule has 1 unspecified atom stereocenters. The molecule has 0 aliphatic rings. The van der Waals surface area contributed by atoms with E-state index < -0.39 is 0 Å². The lowest BCUT2D eigenvalue weighted by atomic mass is 10.0. The standard InChI is InChI=1S/C21H31N5O2/c1-15(2)20(27)23-12-10-16(3)28-13-11-21(4,5)26-14-19(24-25-26)17-6-8-18(22)9-7-17/h6-9,14,16H,1,10-13,22H2,2-5H3,(H,23,27). The first-order valence-electron chi connectivity index (χ1n) is 9.53. The summed E-state index contributed by atoms with van der Waals surface area (Å²) < 4.78 is 7.77. The maximum atomic E-state index is 11.5. The van der Waals surface area contributed by atoms with Crippen molar-refractivity contribution in [2.45, 2.75) is 52.2 Å². The third kappa shape index (κ3) is 6.20. The van der Waals surface area contributed by atoms with E-state index in [1.807, 2.05) is 42.1 Å². The number of aromatic nitrogens is 3. The van der Waals surface area contributed by atoms with E-state index >= 15 is 0 Å². The Bertz CT molecular complexity index is 795. The molecule has 152 valence electrons. The molecule has 0 aliphatic heterocycles. The van der Waals surface area contributed by atoms with Crippen LogP contribution in [0, 0.1) is 0 Å². The fourth-order valence-corrected chi connectivity index (χ4v) is 2.59. The number of carbonyl (C=O) groups excluding carboxylic acids is 1. The van der Waals surface area contributed by atoms with Gasteiger partial charge in [-0.25, -0.2) is 4.68 Å². The molecular formula is C21H31N5O2. The minimum absolute atomic E-state index is 0.0577. The van der Waals surface area contributed by atoms with Crippen LogP contribution in [0.5, 0.6) is 0 Å². The predicted octanol–water partition coefficient (Wildman–Crippen LogP) is 3.14. The normalized spacial score (nSPS) is 12.6. The smallest absolute Gasteiger partial charge is 0.246 e. The zero-order chi connectivity index (χ0) is 20.7. The molecule has 7 heteroatoms. The van der Waals surface area contributed by atoms with Crippen LogP contribution in [0.2, 0.25) is 0 Å². The number of hydrogen-bond donors (Lipinski definition) is 2. The molecule has 2 aromatic rings. The Hall–Kier alpha value is -2.67. The lowest BCUT2D eigenvalue weighted by molar-refractivity contribution is -0.117. The molecule has 1 amide bonds. The number of nitrogens with zero attached hydrogens (tertiary/aromatic N) is 3. The molecule has 3 N–H and O–H groups in total. The van der Waals surface area contributed by atoms with Crippen molar-refractivity contribution in [3.63, 3.8) is 0 Å². The SMILES string of the molecule is C=C(C)C(=O)NCCC(C)OCCC(C)(C)n1cc(-c2ccc(N)cc2)nn1. The first-order valence-corrected chi connectivity index (χ1v) is 9.53. The number of rotatable bonds is 10. The molecule has 28 heavy (non-hydrogen) atoms. The highest BCUT2D eigenvalue weighted by atomic mass is 16.5. The topological polar surface area (TPSA) is 95.1 Å². The molecule has 0 aliphatic carbocycles. The molecule has 1 aromatic heterocycles. The minimum atomic E-state index is -0.229. The highest BCUT2D eigenvalue weighted by molar-refractivity contribution is 5.92. The third-order valence-corrected chi connectivity index (χ3v) is 4.66. The van der Waals surface area contributed by atoms with Gasteiger partial charge in [-0.05, 0) is 52.7 Å². The van der Waals surface area contributed by atoms with Crippen molar-refractivity contribution in [3.05, 3.63) is 42.6 Å². The van der Waals surface area contributed by atoms with Crippen molar-refractivity contribution in [2.75, 3.05) is 18.9 Å². The molecule has 1 atom stereocenters. The van der Waals surface area contributed by atoms with Crippen LogP contribution in [-0.2, 0) is 15.1 Å². The van der Waals surface area contributed by atoms with Gasteiger partial charge in [0.25, 0.3) is 0 Å². The van der Waals surface area contributed by atoms with Gasteiger partial charge in [-0.3, -0.25) is 4.79 Å². The Labute approximate surface area is 167 Å². The molecule has 0 bridgehead atoms. The maximum absolute atomic E-state index is 11.5. The summed E-state index contributed by atoms with van der Waals surface area (Å²) in [5, 5.41) is 11.4. The van der Waals surface area contributed by atoms with Gasteiger partial charge in [0.15, 0.2) is 0 Å². The van der Waals surface area contributed by atoms with E-state index in [4.69, 9.17) is 10.5 Å². The summed E-state index contributed by atoms with van der Waals surface area (Å²) >= 11 is 0. The van der Waals surface area contributed by atoms with Crippen LogP contribution in [0.1, 0.15) is 40.5 Å². The van der Waals surface area contributed by atoms with Crippen LogP contribution in [-0.4, -0.2) is 40.2 Å². The summed E-state index contributed by atoms with van der Waals surface area (Å²) in [4.78, 5) is 11.5. The van der Waals surface area contributed by atoms with E-state index in [9.17, 15) is 4.79 Å². The fourth-order valence-electron chi connectivity index (χ4n) is 2.59. The van der Waals surface area contributed by atoms with E-state index in [1.54, 1.807) is 6.92 Å². The van der Waals surface area contributed by atoms with Crippen LogP contribution in [0.25, 0.3) is 11.3 Å². The number of amides is 1. The number of carbonyl (C=O) groups is 1. The van der Waals surface area contributed by atoms with Gasteiger partial charge < -0.3 is 15.8 Å². The number of nitrogens with two attached hydrogens (primary N) is 1. The van der Waals surface area contributed by atoms with Gasteiger partial charge in [0.05, 0.1) is 17.8 Å². The summed E-state index contributed by atoms with van der Waals surface area (Å²) in [6, 6.07) is 7.59. The second-order valence-electron chi connectivity index (χ2n) is 7.74. The predicted molar refractivity (Wildman–Crippen MR) is 112 cm³/mol. The number of nitrogens with one attached hydrogen (secondary N) is 1. The van der Waals surface area contributed by atoms with Gasteiger partial charge >= 0.3 is 0 Å². The summed E-state index contributed by atoms with van der Waals surface area (Å²) in [7, 11) is 0. The van der Waals surface area contributed by atoms with Crippen molar-refractivity contribution < 1.29 is 9.53 Å². The lowest BCUT2D eigenvalue weighted by Gasteiger charge is -2.25. The molecule has 7 nitrogen and oxygen atoms in total. The lowest BCUT2D eigenvalue weighted by Crippen LogP contribution is -2.30. The van der Waals surface area contributed by atoms with Crippen LogP contribution in [0.4, 0.5) is 5.69 Å². The Morgan fingerprint density at radius 1 is 1.36 bits per heavy atom. The van der Waals surface area contributed by atoms with E-state index in [0.717, 1.165) is 29.8 Å². The maximum Gasteiger partial charge on any atom is 0.246 e. The Kier molecular flexibility index (Phi) is 7.34. The van der Waals surface area contributed by atoms with Gasteiger partial charge in [0.1, 0.15) is 5.69 Å². The van der Waals surface area contributed by atoms with Crippen molar-refractivity contribution in [1.82, 2.24) is 20.3 Å². The highest BCUT2D eigenvalue weighted by Gasteiger charge is 2.22. The minimum Gasteiger partial charge on any atom is -0.399 e. The molecule has 0 radical (unpaired) electrons. The van der Waals surface area contributed by atoms with Gasteiger partial charge in [-0.1, -0.05) is 23.9 Å². The molecular weight excluding hydrogens is 354 g/mol. The molecule has 0 saturated carbocycles.